The molecule has 1 aliphatic carbocycles. The Balaban J connectivity index is 1.49. The average molecular weight is 420 g/mol. The van der Waals surface area contributed by atoms with Gasteiger partial charge in [0, 0.05) is 28.6 Å². The van der Waals surface area contributed by atoms with Gasteiger partial charge in [0.1, 0.15) is 5.82 Å². The Kier molecular flexibility index (Phi) is 5.59. The molecule has 31 heavy (non-hydrogen) atoms. The Morgan fingerprint density at radius 2 is 1.77 bits per heavy atom. The molecule has 0 aliphatic heterocycles. The van der Waals surface area contributed by atoms with Crippen LogP contribution in [0.4, 0.5) is 15.8 Å². The summed E-state index contributed by atoms with van der Waals surface area (Å²) < 4.78 is 15.0. The zero-order chi connectivity index (χ0) is 22.1. The minimum Gasteiger partial charge on any atom is -0.326 e. The zero-order valence-corrected chi connectivity index (χ0v) is 17.8. The molecule has 1 aromatic heterocycles. The lowest BCUT2D eigenvalue weighted by Gasteiger charge is -2.12. The van der Waals surface area contributed by atoms with Gasteiger partial charge in [-0.2, -0.15) is 5.10 Å². The second-order valence-corrected chi connectivity index (χ2v) is 8.06. The molecule has 1 saturated carbocycles. The van der Waals surface area contributed by atoms with Gasteiger partial charge in [0.05, 0.1) is 17.8 Å². The van der Waals surface area contributed by atoms with Crippen LogP contribution in [0.2, 0.25) is 0 Å². The second kappa shape index (κ2) is 8.34. The lowest BCUT2D eigenvalue weighted by Crippen LogP contribution is -2.17. The van der Waals surface area contributed by atoms with Crippen LogP contribution in [0.25, 0.3) is 5.69 Å². The van der Waals surface area contributed by atoms with Gasteiger partial charge in [0.15, 0.2) is 0 Å². The van der Waals surface area contributed by atoms with E-state index in [4.69, 9.17) is 0 Å². The number of nitrogens with one attached hydrogen (secondary N) is 2. The third-order valence-electron chi connectivity index (χ3n) is 5.58. The van der Waals surface area contributed by atoms with Crippen molar-refractivity contribution in [2.45, 2.75) is 40.0 Å². The van der Waals surface area contributed by atoms with Crippen LogP contribution in [0, 0.1) is 32.5 Å². The quantitative estimate of drug-likeness (QED) is 0.618. The van der Waals surface area contributed by atoms with Gasteiger partial charge in [-0.05, 0) is 75.6 Å². The predicted octanol–water partition coefficient (Wildman–Crippen LogP) is 4.47. The molecule has 1 heterocycles. The van der Waals surface area contributed by atoms with Crippen LogP contribution < -0.4 is 10.6 Å². The fraction of sp³-hybridized carbons (Fsp3) is 0.292. The maximum Gasteiger partial charge on any atom is 0.228 e. The maximum absolute atomic E-state index is 13.2. The first-order valence-corrected chi connectivity index (χ1v) is 10.3. The number of hydrogen-bond acceptors (Lipinski definition) is 3. The van der Waals surface area contributed by atoms with Crippen molar-refractivity contribution in [2.24, 2.45) is 5.92 Å². The Morgan fingerprint density at radius 3 is 2.45 bits per heavy atom. The Labute approximate surface area is 180 Å². The van der Waals surface area contributed by atoms with Crippen molar-refractivity contribution < 1.29 is 14.0 Å². The van der Waals surface area contributed by atoms with Crippen LogP contribution in [0.5, 0.6) is 0 Å². The molecule has 0 bridgehead atoms. The number of nitrogens with zero attached hydrogens (tertiary/aromatic N) is 2. The zero-order valence-electron chi connectivity index (χ0n) is 17.8. The molecule has 0 radical (unpaired) electrons. The fourth-order valence-electron chi connectivity index (χ4n) is 3.54. The van der Waals surface area contributed by atoms with Gasteiger partial charge in [-0.3, -0.25) is 9.59 Å². The summed E-state index contributed by atoms with van der Waals surface area (Å²) in [7, 11) is 0. The van der Waals surface area contributed by atoms with E-state index in [0.717, 1.165) is 41.0 Å². The molecule has 2 aromatic carbocycles. The van der Waals surface area contributed by atoms with Crippen LogP contribution in [0.3, 0.4) is 0 Å². The van der Waals surface area contributed by atoms with Crippen LogP contribution in [-0.2, 0) is 16.0 Å². The molecule has 4 rings (SSSR count). The summed E-state index contributed by atoms with van der Waals surface area (Å²) >= 11 is 0. The average Bonchev–Trinajstić information content (AvgIpc) is 3.54. The number of anilines is 2. The molecule has 0 atom stereocenters. The number of amides is 2. The number of carbonyl (C=O) groups is 2. The van der Waals surface area contributed by atoms with E-state index in [9.17, 15) is 14.0 Å². The van der Waals surface area contributed by atoms with Crippen LogP contribution >= 0.6 is 0 Å². The van der Waals surface area contributed by atoms with Crippen LogP contribution in [0.1, 0.15) is 35.4 Å². The normalized spacial score (nSPS) is 13.2. The molecular weight excluding hydrogens is 395 g/mol. The number of halogens is 1. The summed E-state index contributed by atoms with van der Waals surface area (Å²) in [5.74, 6) is -0.335. The van der Waals surface area contributed by atoms with E-state index in [-0.39, 0.29) is 30.0 Å². The number of hydrogen-bond donors (Lipinski definition) is 2. The Bertz CT molecular complexity index is 1150. The van der Waals surface area contributed by atoms with E-state index in [0.29, 0.717) is 11.4 Å². The van der Waals surface area contributed by atoms with E-state index < -0.39 is 0 Å². The van der Waals surface area contributed by atoms with Gasteiger partial charge in [-0.25, -0.2) is 9.07 Å². The minimum absolute atomic E-state index is 0.0283. The standard InChI is InChI=1S/C24H25FN4O2/c1-14-4-9-19(26-24(31)17-5-6-17)12-22(14)27-23(30)13-21-15(2)28-29(16(21)3)20-10-7-18(25)8-11-20/h4,7-12,17H,5-6,13H2,1-3H3,(H,26,31)(H,27,30). The monoisotopic (exact) mass is 420 g/mol. The van der Waals surface area contributed by atoms with Crippen LogP contribution in [0.15, 0.2) is 42.5 Å². The van der Waals surface area contributed by atoms with Gasteiger partial charge in [-0.15, -0.1) is 0 Å². The van der Waals surface area contributed by atoms with Crippen molar-refractivity contribution in [3.63, 3.8) is 0 Å². The molecular formula is C24H25FN4O2. The highest BCUT2D eigenvalue weighted by molar-refractivity contribution is 5.97. The summed E-state index contributed by atoms with van der Waals surface area (Å²) in [5.41, 5.74) is 5.41. The van der Waals surface area contributed by atoms with Crippen LogP contribution in [-0.4, -0.2) is 21.6 Å². The van der Waals surface area contributed by atoms with E-state index >= 15 is 0 Å². The van der Waals surface area contributed by atoms with Gasteiger partial charge in [-0.1, -0.05) is 6.07 Å². The Hall–Kier alpha value is -3.48. The van der Waals surface area contributed by atoms with Crippen molar-refractivity contribution in [3.05, 3.63) is 70.8 Å². The summed E-state index contributed by atoms with van der Waals surface area (Å²) in [6.45, 7) is 5.66. The first-order chi connectivity index (χ1) is 14.8. The summed E-state index contributed by atoms with van der Waals surface area (Å²) in [5, 5.41) is 10.4. The summed E-state index contributed by atoms with van der Waals surface area (Å²) in [6.07, 6.45) is 2.04. The fourth-order valence-corrected chi connectivity index (χ4v) is 3.54. The minimum atomic E-state index is -0.309. The largest absolute Gasteiger partial charge is 0.326 e. The van der Waals surface area contributed by atoms with Crippen molar-refractivity contribution in [2.75, 3.05) is 10.6 Å². The molecule has 1 fully saturated rings. The highest BCUT2D eigenvalue weighted by Gasteiger charge is 2.29. The molecule has 0 unspecified atom stereocenters. The molecule has 0 saturated heterocycles. The van der Waals surface area contributed by atoms with Gasteiger partial charge in [0.2, 0.25) is 11.8 Å². The number of rotatable bonds is 6. The molecule has 7 heteroatoms. The van der Waals surface area contributed by atoms with Gasteiger partial charge >= 0.3 is 0 Å². The van der Waals surface area contributed by atoms with Crippen molar-refractivity contribution in [1.29, 1.82) is 0 Å². The first kappa shape index (κ1) is 20.8. The molecule has 160 valence electrons. The van der Waals surface area contributed by atoms with Crippen molar-refractivity contribution >= 4 is 23.2 Å². The lowest BCUT2D eigenvalue weighted by molar-refractivity contribution is -0.117. The van der Waals surface area contributed by atoms with Gasteiger partial charge < -0.3 is 10.6 Å². The molecule has 1 aliphatic rings. The third kappa shape index (κ3) is 4.66. The second-order valence-electron chi connectivity index (χ2n) is 8.06. The predicted molar refractivity (Wildman–Crippen MR) is 118 cm³/mol. The van der Waals surface area contributed by atoms with E-state index in [2.05, 4.69) is 15.7 Å². The maximum atomic E-state index is 13.2. The van der Waals surface area contributed by atoms with Crippen molar-refractivity contribution in [3.8, 4) is 5.69 Å². The Morgan fingerprint density at radius 1 is 1.06 bits per heavy atom. The lowest BCUT2D eigenvalue weighted by atomic mass is 10.1. The summed E-state index contributed by atoms with van der Waals surface area (Å²) in [6, 6.07) is 11.6. The summed E-state index contributed by atoms with van der Waals surface area (Å²) in [4.78, 5) is 24.8. The smallest absolute Gasteiger partial charge is 0.228 e. The van der Waals surface area contributed by atoms with Gasteiger partial charge in [0.25, 0.3) is 0 Å². The molecule has 6 nitrogen and oxygen atoms in total. The molecule has 0 spiro atoms. The topological polar surface area (TPSA) is 76.0 Å². The SMILES string of the molecule is Cc1ccc(NC(=O)C2CC2)cc1NC(=O)Cc1c(C)nn(-c2ccc(F)cc2)c1C. The number of benzene rings is 2. The highest BCUT2D eigenvalue weighted by Crippen LogP contribution is 2.31. The molecule has 3 aromatic rings. The van der Waals surface area contributed by atoms with E-state index in [1.807, 2.05) is 32.9 Å². The highest BCUT2D eigenvalue weighted by atomic mass is 19.1. The van der Waals surface area contributed by atoms with E-state index in [1.165, 1.54) is 12.1 Å². The number of aryl methyl sites for hydroxylation is 2. The van der Waals surface area contributed by atoms with E-state index in [1.54, 1.807) is 22.9 Å². The molecule has 2 amide bonds. The first-order valence-electron chi connectivity index (χ1n) is 10.3. The number of carbonyl (C=O) groups excluding carboxylic acids is 2. The third-order valence-corrected chi connectivity index (χ3v) is 5.58. The number of aromatic nitrogens is 2. The van der Waals surface area contributed by atoms with Crippen molar-refractivity contribution in [1.82, 2.24) is 9.78 Å². The molecule has 2 N–H and O–H groups in total.